The molecule has 0 aromatic heterocycles. The van der Waals surface area contributed by atoms with Crippen LogP contribution < -0.4 is 15.5 Å². The molecule has 2 aliphatic rings. The summed E-state index contributed by atoms with van der Waals surface area (Å²) >= 11 is 1.76. The van der Waals surface area contributed by atoms with Gasteiger partial charge in [-0.1, -0.05) is 18.6 Å². The van der Waals surface area contributed by atoms with Crippen LogP contribution in [-0.2, 0) is 10.4 Å². The Hall–Kier alpha value is -2.15. The molecular formula is C21H25F6N3O3S. The zero-order chi connectivity index (χ0) is 25.3. The molecule has 6 nitrogen and oxygen atoms in total. The average molecular weight is 514 g/mol. The van der Waals surface area contributed by atoms with Crippen LogP contribution in [0.1, 0.15) is 38.2 Å². The van der Waals surface area contributed by atoms with Crippen molar-refractivity contribution >= 4 is 29.4 Å². The summed E-state index contributed by atoms with van der Waals surface area (Å²) in [6, 6.07) is 2.98. The first kappa shape index (κ1) is 26.5. The van der Waals surface area contributed by atoms with E-state index in [9.17, 15) is 41.0 Å². The molecule has 190 valence electrons. The number of amides is 3. The van der Waals surface area contributed by atoms with Crippen LogP contribution in [0, 0.1) is 0 Å². The monoisotopic (exact) mass is 513 g/mol. The van der Waals surface area contributed by atoms with E-state index in [4.69, 9.17) is 0 Å². The normalized spacial score (nSPS) is 22.8. The van der Waals surface area contributed by atoms with E-state index in [-0.39, 0.29) is 47.9 Å². The third kappa shape index (κ3) is 5.09. The van der Waals surface area contributed by atoms with E-state index >= 15 is 0 Å². The number of alkyl halides is 6. The molecule has 1 aromatic carbocycles. The lowest BCUT2D eigenvalue weighted by molar-refractivity contribution is -0.376. The third-order valence-electron chi connectivity index (χ3n) is 6.10. The van der Waals surface area contributed by atoms with Crippen molar-refractivity contribution in [1.82, 2.24) is 10.6 Å². The molecule has 0 aliphatic carbocycles. The largest absolute Gasteiger partial charge is 0.430 e. The maximum atomic E-state index is 13.1. The Bertz CT molecular complexity index is 879. The highest BCUT2D eigenvalue weighted by atomic mass is 32.2. The number of nitrogens with one attached hydrogen (secondary N) is 2. The quantitative estimate of drug-likeness (QED) is 0.278. The summed E-state index contributed by atoms with van der Waals surface area (Å²) in [6.07, 6.45) is -9.71. The van der Waals surface area contributed by atoms with E-state index in [1.54, 1.807) is 18.7 Å². The van der Waals surface area contributed by atoms with Gasteiger partial charge in [-0.15, -0.1) is 0 Å². The molecule has 2 aliphatic heterocycles. The number of thioether (sulfide) groups is 1. The van der Waals surface area contributed by atoms with E-state index in [1.807, 2.05) is 0 Å². The van der Waals surface area contributed by atoms with Crippen molar-refractivity contribution in [2.45, 2.75) is 67.9 Å². The lowest BCUT2D eigenvalue weighted by Gasteiger charge is -2.33. The SMILES string of the molecule is CCN(C(=O)CCCCC1SCC2NC(=O)NC21)c1ccc(C(O)(C(F)(F)F)C(F)(F)F)cc1. The highest BCUT2D eigenvalue weighted by molar-refractivity contribution is 8.00. The van der Waals surface area contributed by atoms with Gasteiger partial charge < -0.3 is 20.6 Å². The number of urea groups is 1. The molecule has 2 heterocycles. The summed E-state index contributed by atoms with van der Waals surface area (Å²) in [5.41, 5.74) is -6.25. The number of carbonyl (C=O) groups is 2. The molecule has 3 rings (SSSR count). The molecule has 1 aromatic rings. The lowest BCUT2D eigenvalue weighted by Crippen LogP contribution is -2.53. The smallest absolute Gasteiger partial charge is 0.369 e. The summed E-state index contributed by atoms with van der Waals surface area (Å²) < 4.78 is 78.3. The van der Waals surface area contributed by atoms with Gasteiger partial charge in [-0.2, -0.15) is 38.1 Å². The summed E-state index contributed by atoms with van der Waals surface area (Å²) in [5.74, 6) is 0.509. The van der Waals surface area contributed by atoms with Crippen LogP contribution in [0.3, 0.4) is 0 Å². The maximum absolute atomic E-state index is 13.1. The van der Waals surface area contributed by atoms with Crippen molar-refractivity contribution < 1.29 is 41.0 Å². The number of hydrogen-bond donors (Lipinski definition) is 3. The van der Waals surface area contributed by atoms with Gasteiger partial charge in [0, 0.05) is 35.2 Å². The number of anilines is 1. The Labute approximate surface area is 196 Å². The molecule has 0 saturated carbocycles. The number of halogens is 6. The van der Waals surface area contributed by atoms with Crippen molar-refractivity contribution in [1.29, 1.82) is 0 Å². The molecule has 3 N–H and O–H groups in total. The van der Waals surface area contributed by atoms with Gasteiger partial charge in [-0.05, 0) is 31.9 Å². The van der Waals surface area contributed by atoms with E-state index < -0.39 is 23.5 Å². The highest BCUT2D eigenvalue weighted by Gasteiger charge is 2.71. The van der Waals surface area contributed by atoms with E-state index in [0.29, 0.717) is 18.6 Å². The van der Waals surface area contributed by atoms with Gasteiger partial charge in [0.2, 0.25) is 5.91 Å². The second-order valence-corrected chi connectivity index (χ2v) is 9.53. The summed E-state index contributed by atoms with van der Waals surface area (Å²) in [5, 5.41) is 15.5. The molecule has 0 spiro atoms. The van der Waals surface area contributed by atoms with Crippen LogP contribution >= 0.6 is 11.8 Å². The predicted molar refractivity (Wildman–Crippen MR) is 114 cm³/mol. The summed E-state index contributed by atoms with van der Waals surface area (Å²) in [7, 11) is 0. The van der Waals surface area contributed by atoms with Crippen molar-refractivity contribution in [3.8, 4) is 0 Å². The van der Waals surface area contributed by atoms with Gasteiger partial charge >= 0.3 is 18.4 Å². The number of unbranched alkanes of at least 4 members (excludes halogenated alkanes) is 1. The van der Waals surface area contributed by atoms with Crippen molar-refractivity contribution in [2.24, 2.45) is 0 Å². The van der Waals surface area contributed by atoms with Crippen molar-refractivity contribution in [3.63, 3.8) is 0 Å². The third-order valence-corrected chi connectivity index (χ3v) is 7.61. The molecule has 3 unspecified atom stereocenters. The highest BCUT2D eigenvalue weighted by Crippen LogP contribution is 2.50. The molecule has 2 fully saturated rings. The van der Waals surface area contributed by atoms with Crippen LogP contribution in [0.5, 0.6) is 0 Å². The molecule has 0 radical (unpaired) electrons. The van der Waals surface area contributed by atoms with Crippen LogP contribution in [0.2, 0.25) is 0 Å². The summed E-state index contributed by atoms with van der Waals surface area (Å²) in [4.78, 5) is 25.3. The molecule has 34 heavy (non-hydrogen) atoms. The van der Waals surface area contributed by atoms with Crippen LogP contribution in [0.15, 0.2) is 24.3 Å². The standard InChI is InChI=1S/C21H25F6N3O3S/c1-2-30(13-9-7-12(8-10-13)19(33,20(22,23)24)21(25,26)27)16(31)6-4-3-5-15-17-14(11-34-15)28-18(32)29-17/h7-10,14-15,17,33H,2-6,11H2,1H3,(H2,28,29,32). The van der Waals surface area contributed by atoms with Crippen LogP contribution in [-0.4, -0.2) is 59.0 Å². The maximum Gasteiger partial charge on any atom is 0.430 e. The molecule has 13 heteroatoms. The van der Waals surface area contributed by atoms with Crippen molar-refractivity contribution in [3.05, 3.63) is 29.8 Å². The fraction of sp³-hybridized carbons (Fsp3) is 0.619. The minimum Gasteiger partial charge on any atom is -0.369 e. The van der Waals surface area contributed by atoms with Gasteiger partial charge in [0.15, 0.2) is 0 Å². The Morgan fingerprint density at radius 2 is 1.71 bits per heavy atom. The second kappa shape index (κ2) is 9.84. The second-order valence-electron chi connectivity index (χ2n) is 8.26. The predicted octanol–water partition coefficient (Wildman–Crippen LogP) is 4.08. The van der Waals surface area contributed by atoms with Gasteiger partial charge in [-0.25, -0.2) is 4.79 Å². The number of fused-ring (bicyclic) bond motifs is 1. The minimum atomic E-state index is -5.97. The van der Waals surface area contributed by atoms with E-state index in [0.717, 1.165) is 30.7 Å². The lowest BCUT2D eigenvalue weighted by atomic mass is 9.92. The number of rotatable bonds is 8. The number of benzene rings is 1. The molecule has 3 atom stereocenters. The van der Waals surface area contributed by atoms with Gasteiger partial charge in [0.05, 0.1) is 12.1 Å². The van der Waals surface area contributed by atoms with E-state index in [1.165, 1.54) is 4.90 Å². The van der Waals surface area contributed by atoms with Gasteiger partial charge in [0.1, 0.15) is 0 Å². The Morgan fingerprint density at radius 3 is 2.26 bits per heavy atom. The fourth-order valence-electron chi connectivity index (χ4n) is 4.27. The number of carbonyl (C=O) groups excluding carboxylic acids is 2. The van der Waals surface area contributed by atoms with Gasteiger partial charge in [0.25, 0.3) is 5.60 Å². The molecule has 0 bridgehead atoms. The Morgan fingerprint density at radius 1 is 1.09 bits per heavy atom. The van der Waals surface area contributed by atoms with Crippen LogP contribution in [0.25, 0.3) is 0 Å². The first-order valence-electron chi connectivity index (χ1n) is 10.7. The first-order chi connectivity index (χ1) is 15.8. The van der Waals surface area contributed by atoms with Crippen molar-refractivity contribution in [2.75, 3.05) is 17.2 Å². The van der Waals surface area contributed by atoms with Gasteiger partial charge in [-0.3, -0.25) is 4.79 Å². The summed E-state index contributed by atoms with van der Waals surface area (Å²) in [6.45, 7) is 1.81. The minimum absolute atomic E-state index is 0.0610. The Balaban J connectivity index is 1.58. The molecule has 3 amide bonds. The zero-order valence-electron chi connectivity index (χ0n) is 18.2. The molecular weight excluding hydrogens is 488 g/mol. The molecule has 2 saturated heterocycles. The number of nitrogens with zero attached hydrogens (tertiary/aromatic N) is 1. The number of aliphatic hydroxyl groups is 1. The first-order valence-corrected chi connectivity index (χ1v) is 11.8. The topological polar surface area (TPSA) is 81.7 Å². The van der Waals surface area contributed by atoms with E-state index in [2.05, 4.69) is 10.6 Å². The average Bonchev–Trinajstić information content (AvgIpc) is 3.29. The zero-order valence-corrected chi connectivity index (χ0v) is 19.0. The van der Waals surface area contributed by atoms with Crippen LogP contribution in [0.4, 0.5) is 36.8 Å². The Kier molecular flexibility index (Phi) is 7.66. The number of hydrogen-bond acceptors (Lipinski definition) is 4. The fourth-order valence-corrected chi connectivity index (χ4v) is 5.82.